The van der Waals surface area contributed by atoms with E-state index in [1.54, 1.807) is 0 Å². The zero-order valence-corrected chi connectivity index (χ0v) is 13.1. The van der Waals surface area contributed by atoms with Gasteiger partial charge in [0.25, 0.3) is 0 Å². The first kappa shape index (κ1) is 16.0. The number of piperidine rings is 1. The Kier molecular flexibility index (Phi) is 5.37. The molecule has 0 spiro atoms. The first-order valence-electron chi connectivity index (χ1n) is 7.66. The van der Waals surface area contributed by atoms with Crippen LogP contribution in [0.3, 0.4) is 0 Å². The van der Waals surface area contributed by atoms with Crippen LogP contribution in [0.15, 0.2) is 24.3 Å². The number of carbonyl (C=O) groups is 1. The summed E-state index contributed by atoms with van der Waals surface area (Å²) in [6, 6.07) is 8.19. The van der Waals surface area contributed by atoms with Gasteiger partial charge in [-0.2, -0.15) is 0 Å². The molecule has 0 aromatic heterocycles. The van der Waals surface area contributed by atoms with Crippen LogP contribution in [0.25, 0.3) is 0 Å². The third kappa shape index (κ3) is 4.83. The molecule has 21 heavy (non-hydrogen) atoms. The number of nitrogens with zero attached hydrogens (tertiary/aromatic N) is 1. The average molecular weight is 290 g/mol. The van der Waals surface area contributed by atoms with Gasteiger partial charge in [0.2, 0.25) is 5.91 Å². The standard InChI is InChI=1S/C17H26N2O2/c1-14-4-6-15(7-5-14)10-18-16(21)11-19-9-3-8-17(2,12-19)13-20/h4-7,20H,3,8-13H2,1-2H3,(H,18,21). The first-order valence-corrected chi connectivity index (χ1v) is 7.66. The molecule has 0 aliphatic carbocycles. The highest BCUT2D eigenvalue weighted by Crippen LogP contribution is 2.28. The summed E-state index contributed by atoms with van der Waals surface area (Å²) in [5, 5.41) is 12.4. The summed E-state index contributed by atoms with van der Waals surface area (Å²) < 4.78 is 0. The number of aryl methyl sites for hydroxylation is 1. The fourth-order valence-corrected chi connectivity index (χ4v) is 2.86. The maximum absolute atomic E-state index is 12.0. The number of nitrogens with one attached hydrogen (secondary N) is 1. The van der Waals surface area contributed by atoms with Crippen LogP contribution in [0.4, 0.5) is 0 Å². The number of aliphatic hydroxyl groups excluding tert-OH is 1. The molecule has 4 nitrogen and oxygen atoms in total. The van der Waals surface area contributed by atoms with E-state index in [1.807, 2.05) is 12.1 Å². The van der Waals surface area contributed by atoms with E-state index in [1.165, 1.54) is 5.56 Å². The minimum absolute atomic E-state index is 0.0535. The molecule has 1 aliphatic rings. The number of amides is 1. The zero-order valence-electron chi connectivity index (χ0n) is 13.1. The lowest BCUT2D eigenvalue weighted by Gasteiger charge is -2.38. The van der Waals surface area contributed by atoms with Crippen LogP contribution in [0.2, 0.25) is 0 Å². The minimum Gasteiger partial charge on any atom is -0.396 e. The Balaban J connectivity index is 1.78. The highest BCUT2D eigenvalue weighted by molar-refractivity contribution is 5.78. The monoisotopic (exact) mass is 290 g/mol. The van der Waals surface area contributed by atoms with Crippen molar-refractivity contribution in [1.82, 2.24) is 10.2 Å². The molecule has 0 bridgehead atoms. The predicted molar refractivity (Wildman–Crippen MR) is 83.9 cm³/mol. The highest BCUT2D eigenvalue weighted by Gasteiger charge is 2.30. The normalized spacial score (nSPS) is 23.0. The number of aliphatic hydroxyl groups is 1. The van der Waals surface area contributed by atoms with E-state index in [0.717, 1.165) is 31.5 Å². The third-order valence-corrected chi connectivity index (χ3v) is 4.22. The largest absolute Gasteiger partial charge is 0.396 e. The summed E-state index contributed by atoms with van der Waals surface area (Å²) in [5.74, 6) is 0.0535. The molecule has 1 aromatic rings. The zero-order chi connectivity index (χ0) is 15.3. The van der Waals surface area contributed by atoms with Crippen LogP contribution in [-0.2, 0) is 11.3 Å². The molecular formula is C17H26N2O2. The predicted octanol–water partition coefficient (Wildman–Crippen LogP) is 1.71. The average Bonchev–Trinajstić information content (AvgIpc) is 2.47. The maximum atomic E-state index is 12.0. The molecular weight excluding hydrogens is 264 g/mol. The second-order valence-electron chi connectivity index (χ2n) is 6.55. The van der Waals surface area contributed by atoms with Crippen LogP contribution >= 0.6 is 0 Å². The Morgan fingerprint density at radius 1 is 1.38 bits per heavy atom. The molecule has 0 radical (unpaired) electrons. The second-order valence-corrected chi connectivity index (χ2v) is 6.55. The van der Waals surface area contributed by atoms with Crippen molar-refractivity contribution in [3.05, 3.63) is 35.4 Å². The maximum Gasteiger partial charge on any atom is 0.234 e. The Bertz CT molecular complexity index is 472. The van der Waals surface area contributed by atoms with Crippen molar-refractivity contribution in [2.45, 2.75) is 33.2 Å². The number of hydrogen-bond donors (Lipinski definition) is 2. The molecule has 116 valence electrons. The number of hydrogen-bond acceptors (Lipinski definition) is 3. The molecule has 1 atom stereocenters. The molecule has 1 saturated heterocycles. The second kappa shape index (κ2) is 7.05. The van der Waals surface area contributed by atoms with Crippen LogP contribution in [-0.4, -0.2) is 42.2 Å². The van der Waals surface area contributed by atoms with Crippen molar-refractivity contribution in [2.24, 2.45) is 5.41 Å². The van der Waals surface area contributed by atoms with Crippen molar-refractivity contribution in [3.8, 4) is 0 Å². The topological polar surface area (TPSA) is 52.6 Å². The molecule has 2 N–H and O–H groups in total. The van der Waals surface area contributed by atoms with Crippen LogP contribution in [0.5, 0.6) is 0 Å². The lowest BCUT2D eigenvalue weighted by Crippen LogP contribution is -2.47. The van der Waals surface area contributed by atoms with Gasteiger partial charge in [-0.25, -0.2) is 0 Å². The van der Waals surface area contributed by atoms with Crippen molar-refractivity contribution in [1.29, 1.82) is 0 Å². The van der Waals surface area contributed by atoms with Gasteiger partial charge in [0.15, 0.2) is 0 Å². The van der Waals surface area contributed by atoms with Crippen molar-refractivity contribution >= 4 is 5.91 Å². The fourth-order valence-electron chi connectivity index (χ4n) is 2.86. The summed E-state index contributed by atoms with van der Waals surface area (Å²) >= 11 is 0. The van der Waals surface area contributed by atoms with Crippen molar-refractivity contribution in [2.75, 3.05) is 26.2 Å². The number of carbonyl (C=O) groups excluding carboxylic acids is 1. The Labute approximate surface area is 127 Å². The Morgan fingerprint density at radius 2 is 2.10 bits per heavy atom. The SMILES string of the molecule is Cc1ccc(CNC(=O)CN2CCCC(C)(CO)C2)cc1. The summed E-state index contributed by atoms with van der Waals surface area (Å²) in [6.07, 6.45) is 2.08. The van der Waals surface area contributed by atoms with E-state index in [2.05, 4.69) is 36.2 Å². The van der Waals surface area contributed by atoms with Gasteiger partial charge in [-0.1, -0.05) is 36.8 Å². The van der Waals surface area contributed by atoms with E-state index in [0.29, 0.717) is 13.1 Å². The highest BCUT2D eigenvalue weighted by atomic mass is 16.3. The van der Waals surface area contributed by atoms with E-state index in [-0.39, 0.29) is 17.9 Å². The van der Waals surface area contributed by atoms with Gasteiger partial charge in [-0.05, 0) is 31.9 Å². The molecule has 1 aliphatic heterocycles. The molecule has 0 saturated carbocycles. The van der Waals surface area contributed by atoms with Gasteiger partial charge < -0.3 is 10.4 Å². The lowest BCUT2D eigenvalue weighted by molar-refractivity contribution is -0.123. The lowest BCUT2D eigenvalue weighted by atomic mass is 9.83. The van der Waals surface area contributed by atoms with E-state index >= 15 is 0 Å². The van der Waals surface area contributed by atoms with Gasteiger partial charge in [0.1, 0.15) is 0 Å². The van der Waals surface area contributed by atoms with Crippen molar-refractivity contribution in [3.63, 3.8) is 0 Å². The molecule has 1 fully saturated rings. The van der Waals surface area contributed by atoms with Crippen LogP contribution in [0, 0.1) is 12.3 Å². The van der Waals surface area contributed by atoms with Gasteiger partial charge in [0, 0.05) is 25.1 Å². The molecule has 1 unspecified atom stereocenters. The molecule has 1 heterocycles. The quantitative estimate of drug-likeness (QED) is 0.868. The van der Waals surface area contributed by atoms with Gasteiger partial charge in [0.05, 0.1) is 6.54 Å². The Morgan fingerprint density at radius 3 is 2.76 bits per heavy atom. The summed E-state index contributed by atoms with van der Waals surface area (Å²) in [4.78, 5) is 14.2. The molecule has 1 aromatic carbocycles. The summed E-state index contributed by atoms with van der Waals surface area (Å²) in [6.45, 7) is 7.05. The smallest absolute Gasteiger partial charge is 0.234 e. The Hall–Kier alpha value is -1.39. The molecule has 1 amide bonds. The van der Waals surface area contributed by atoms with E-state index in [4.69, 9.17) is 0 Å². The number of benzene rings is 1. The van der Waals surface area contributed by atoms with Gasteiger partial charge in [-0.15, -0.1) is 0 Å². The molecule has 2 rings (SSSR count). The summed E-state index contributed by atoms with van der Waals surface area (Å²) in [5.41, 5.74) is 2.28. The van der Waals surface area contributed by atoms with Crippen LogP contribution < -0.4 is 5.32 Å². The number of likely N-dealkylation sites (tertiary alicyclic amines) is 1. The summed E-state index contributed by atoms with van der Waals surface area (Å²) in [7, 11) is 0. The van der Waals surface area contributed by atoms with E-state index in [9.17, 15) is 9.90 Å². The minimum atomic E-state index is -0.0600. The first-order chi connectivity index (χ1) is 10.0. The fraction of sp³-hybridized carbons (Fsp3) is 0.588. The molecule has 4 heteroatoms. The van der Waals surface area contributed by atoms with E-state index < -0.39 is 0 Å². The third-order valence-electron chi connectivity index (χ3n) is 4.22. The van der Waals surface area contributed by atoms with Gasteiger partial charge >= 0.3 is 0 Å². The van der Waals surface area contributed by atoms with Crippen molar-refractivity contribution < 1.29 is 9.90 Å². The van der Waals surface area contributed by atoms with Crippen LogP contribution in [0.1, 0.15) is 30.9 Å². The van der Waals surface area contributed by atoms with Gasteiger partial charge in [-0.3, -0.25) is 9.69 Å². The number of rotatable bonds is 5.